The number of benzene rings is 1. The monoisotopic (exact) mass is 413 g/mol. The molecule has 1 aliphatic rings. The quantitative estimate of drug-likeness (QED) is 0.400. The van der Waals surface area contributed by atoms with E-state index in [2.05, 4.69) is 32.1 Å². The van der Waals surface area contributed by atoms with Crippen molar-refractivity contribution in [1.82, 2.24) is 16.2 Å². The first-order valence-corrected chi connectivity index (χ1v) is 8.78. The number of amides is 3. The van der Waals surface area contributed by atoms with E-state index in [1.165, 1.54) is 0 Å². The van der Waals surface area contributed by atoms with Crippen LogP contribution >= 0.6 is 15.9 Å². The van der Waals surface area contributed by atoms with Gasteiger partial charge in [-0.3, -0.25) is 25.2 Å². The number of hydrogen-bond donors (Lipinski definition) is 4. The van der Waals surface area contributed by atoms with Crippen molar-refractivity contribution in [3.8, 4) is 5.75 Å². The van der Waals surface area contributed by atoms with Crippen LogP contribution < -0.4 is 25.8 Å². The van der Waals surface area contributed by atoms with Crippen LogP contribution in [0.4, 0.5) is 0 Å². The normalized spacial score (nSPS) is 14.3. The van der Waals surface area contributed by atoms with Crippen LogP contribution in [0.3, 0.4) is 0 Å². The molecule has 9 heteroatoms. The Bertz CT molecular complexity index is 619. The molecule has 1 aliphatic carbocycles. The number of halogens is 1. The van der Waals surface area contributed by atoms with Crippen molar-refractivity contribution in [3.05, 3.63) is 28.7 Å². The van der Waals surface area contributed by atoms with E-state index in [0.717, 1.165) is 22.2 Å². The van der Waals surface area contributed by atoms with Crippen molar-refractivity contribution in [1.29, 1.82) is 0 Å². The van der Waals surface area contributed by atoms with Gasteiger partial charge in [-0.15, -0.1) is 0 Å². The molecule has 1 fully saturated rings. The van der Waals surface area contributed by atoms with Crippen molar-refractivity contribution in [2.45, 2.75) is 18.9 Å². The lowest BCUT2D eigenvalue weighted by Crippen LogP contribution is -3.11. The minimum absolute atomic E-state index is 0.0697. The summed E-state index contributed by atoms with van der Waals surface area (Å²) in [5.74, 6) is -0.371. The van der Waals surface area contributed by atoms with Gasteiger partial charge in [0.25, 0.3) is 17.7 Å². The lowest BCUT2D eigenvalue weighted by atomic mass is 10.3. The zero-order valence-electron chi connectivity index (χ0n) is 13.9. The fraction of sp³-hybridized carbons (Fsp3) is 0.438. The molecule has 2 rings (SSSR count). The van der Waals surface area contributed by atoms with Crippen LogP contribution in [0.1, 0.15) is 12.8 Å². The van der Waals surface area contributed by atoms with Gasteiger partial charge < -0.3 is 15.0 Å². The number of hydrogen-bond acceptors (Lipinski definition) is 4. The lowest BCUT2D eigenvalue weighted by Gasteiger charge is -2.14. The highest BCUT2D eigenvalue weighted by Crippen LogP contribution is 2.18. The summed E-state index contributed by atoms with van der Waals surface area (Å²) >= 11 is 3.31. The molecular weight excluding hydrogens is 392 g/mol. The van der Waals surface area contributed by atoms with E-state index in [1.54, 1.807) is 31.3 Å². The molecule has 0 spiro atoms. The summed E-state index contributed by atoms with van der Waals surface area (Å²) in [6, 6.07) is 7.35. The summed E-state index contributed by atoms with van der Waals surface area (Å²) in [4.78, 5) is 35.8. The molecular formula is C16H22BrN4O4+. The number of carbonyl (C=O) groups excluding carboxylic acids is 3. The van der Waals surface area contributed by atoms with Gasteiger partial charge >= 0.3 is 0 Å². The largest absolute Gasteiger partial charge is 0.484 e. The molecule has 0 heterocycles. The fourth-order valence-corrected chi connectivity index (χ4v) is 2.28. The third kappa shape index (κ3) is 7.99. The maximum atomic E-state index is 11.8. The van der Waals surface area contributed by atoms with Crippen LogP contribution in [0.15, 0.2) is 28.7 Å². The van der Waals surface area contributed by atoms with E-state index in [1.807, 2.05) is 0 Å². The number of nitrogens with one attached hydrogen (secondary N) is 4. The maximum absolute atomic E-state index is 11.8. The first-order valence-electron chi connectivity index (χ1n) is 7.99. The molecule has 3 amide bonds. The van der Waals surface area contributed by atoms with E-state index in [-0.39, 0.29) is 31.5 Å². The van der Waals surface area contributed by atoms with Crippen LogP contribution in [0, 0.1) is 0 Å². The SMILES string of the molecule is C[NH+](CC(=O)NNC(=O)COc1ccc(Br)cc1)CC(=O)NC1CC1. The number of rotatable bonds is 8. The van der Waals surface area contributed by atoms with E-state index in [4.69, 9.17) is 4.74 Å². The molecule has 8 nitrogen and oxygen atoms in total. The average Bonchev–Trinajstić information content (AvgIpc) is 3.36. The zero-order valence-corrected chi connectivity index (χ0v) is 15.5. The van der Waals surface area contributed by atoms with Gasteiger partial charge in [-0.1, -0.05) is 15.9 Å². The van der Waals surface area contributed by atoms with Crippen molar-refractivity contribution in [2.75, 3.05) is 26.7 Å². The molecule has 0 saturated heterocycles. The minimum atomic E-state index is -0.472. The van der Waals surface area contributed by atoms with Crippen LogP contribution in [-0.4, -0.2) is 50.5 Å². The highest BCUT2D eigenvalue weighted by atomic mass is 79.9. The molecule has 1 unspecified atom stereocenters. The third-order valence-electron chi connectivity index (χ3n) is 3.39. The van der Waals surface area contributed by atoms with Crippen LogP contribution in [-0.2, 0) is 14.4 Å². The summed E-state index contributed by atoms with van der Waals surface area (Å²) in [5, 5.41) is 2.86. The maximum Gasteiger partial charge on any atom is 0.293 e. The lowest BCUT2D eigenvalue weighted by molar-refractivity contribution is -0.862. The summed E-state index contributed by atoms with van der Waals surface area (Å²) in [5.41, 5.74) is 4.58. The van der Waals surface area contributed by atoms with Gasteiger partial charge in [-0.25, -0.2) is 0 Å². The van der Waals surface area contributed by atoms with Crippen molar-refractivity contribution in [2.24, 2.45) is 0 Å². The molecule has 0 bridgehead atoms. The van der Waals surface area contributed by atoms with Gasteiger partial charge in [0.2, 0.25) is 0 Å². The Hall–Kier alpha value is -2.13. The molecule has 1 saturated carbocycles. The Labute approximate surface area is 154 Å². The predicted molar refractivity (Wildman–Crippen MR) is 93.7 cm³/mol. The number of likely N-dealkylation sites (N-methyl/N-ethyl adjacent to an activating group) is 1. The van der Waals surface area contributed by atoms with E-state index in [0.29, 0.717) is 11.8 Å². The second-order valence-electron chi connectivity index (χ2n) is 5.99. The van der Waals surface area contributed by atoms with Crippen LogP contribution in [0.2, 0.25) is 0 Å². The molecule has 4 N–H and O–H groups in total. The van der Waals surface area contributed by atoms with Gasteiger partial charge in [0.1, 0.15) is 5.75 Å². The van der Waals surface area contributed by atoms with Crippen molar-refractivity contribution < 1.29 is 24.0 Å². The van der Waals surface area contributed by atoms with Crippen LogP contribution in [0.25, 0.3) is 0 Å². The molecule has 1 aromatic carbocycles. The summed E-state index contributed by atoms with van der Waals surface area (Å²) < 4.78 is 6.20. The third-order valence-corrected chi connectivity index (χ3v) is 3.92. The highest BCUT2D eigenvalue weighted by Gasteiger charge is 2.24. The summed E-state index contributed by atoms with van der Waals surface area (Å²) in [6.45, 7) is 0.0743. The second-order valence-corrected chi connectivity index (χ2v) is 6.91. The Morgan fingerprint density at radius 1 is 1.08 bits per heavy atom. The summed E-state index contributed by atoms with van der Waals surface area (Å²) in [6.07, 6.45) is 2.05. The molecule has 0 aliphatic heterocycles. The highest BCUT2D eigenvalue weighted by molar-refractivity contribution is 9.10. The van der Waals surface area contributed by atoms with Crippen molar-refractivity contribution in [3.63, 3.8) is 0 Å². The molecule has 0 aromatic heterocycles. The fourth-order valence-electron chi connectivity index (χ4n) is 2.02. The van der Waals surface area contributed by atoms with E-state index >= 15 is 0 Å². The number of quaternary nitrogens is 1. The average molecular weight is 414 g/mol. The van der Waals surface area contributed by atoms with E-state index in [9.17, 15) is 14.4 Å². The van der Waals surface area contributed by atoms with Gasteiger partial charge in [-0.2, -0.15) is 0 Å². The van der Waals surface area contributed by atoms with Gasteiger partial charge in [-0.05, 0) is 37.1 Å². The van der Waals surface area contributed by atoms with Gasteiger partial charge in [0, 0.05) is 10.5 Å². The zero-order chi connectivity index (χ0) is 18.2. The number of ether oxygens (including phenoxy) is 1. The molecule has 0 radical (unpaired) electrons. The molecule has 1 atom stereocenters. The molecule has 25 heavy (non-hydrogen) atoms. The first-order chi connectivity index (χ1) is 11.9. The number of carbonyl (C=O) groups is 3. The Kier molecular flexibility index (Phi) is 7.20. The van der Waals surface area contributed by atoms with Crippen LogP contribution in [0.5, 0.6) is 5.75 Å². The number of hydrazine groups is 1. The minimum Gasteiger partial charge on any atom is -0.484 e. The van der Waals surface area contributed by atoms with E-state index < -0.39 is 5.91 Å². The van der Waals surface area contributed by atoms with Crippen molar-refractivity contribution >= 4 is 33.7 Å². The standard InChI is InChI=1S/C16H21BrN4O4/c1-21(8-14(22)18-12-4-5-12)9-15(23)19-20-16(24)10-25-13-6-2-11(17)3-7-13/h2-3,6-7,12H,4-5,8-10H2,1H3,(H,18,22)(H,19,23)(H,20,24)/p+1. The summed E-state index contributed by atoms with van der Waals surface area (Å²) in [7, 11) is 1.74. The Morgan fingerprint density at radius 3 is 2.32 bits per heavy atom. The Morgan fingerprint density at radius 2 is 1.68 bits per heavy atom. The predicted octanol–water partition coefficient (Wildman–Crippen LogP) is -1.23. The topological polar surface area (TPSA) is 101 Å². The second kappa shape index (κ2) is 9.38. The smallest absolute Gasteiger partial charge is 0.293 e. The first kappa shape index (κ1) is 19.2. The Balaban J connectivity index is 1.58. The molecule has 136 valence electrons. The van der Waals surface area contributed by atoms with Gasteiger partial charge in [0.15, 0.2) is 19.7 Å². The van der Waals surface area contributed by atoms with Gasteiger partial charge in [0.05, 0.1) is 7.05 Å². The molecule has 1 aromatic rings.